The van der Waals surface area contributed by atoms with E-state index in [1.54, 1.807) is 0 Å². The van der Waals surface area contributed by atoms with Crippen LogP contribution in [0.3, 0.4) is 0 Å². The highest BCUT2D eigenvalue weighted by atomic mass is 16.3. The van der Waals surface area contributed by atoms with Crippen molar-refractivity contribution in [2.45, 2.75) is 51.2 Å². The molecule has 0 bridgehead atoms. The van der Waals surface area contributed by atoms with Gasteiger partial charge in [-0.05, 0) is 44.4 Å². The van der Waals surface area contributed by atoms with Gasteiger partial charge in [-0.25, -0.2) is 0 Å². The zero-order valence-electron chi connectivity index (χ0n) is 13.0. The maximum Gasteiger partial charge on any atom is 0.0816 e. The molecule has 1 unspecified atom stereocenters. The van der Waals surface area contributed by atoms with E-state index in [4.69, 9.17) is 0 Å². The van der Waals surface area contributed by atoms with Crippen molar-refractivity contribution in [2.75, 3.05) is 25.0 Å². The van der Waals surface area contributed by atoms with Crippen molar-refractivity contribution >= 4 is 5.69 Å². The monoisotopic (exact) mass is 276 g/mol. The SMILES string of the molecule is CCC(O)(CC)CN1CCCC(NC)c2ccccc21. The number of fused-ring (bicyclic) bond motifs is 1. The minimum atomic E-state index is -0.577. The number of benzene rings is 1. The van der Waals surface area contributed by atoms with Crippen LogP contribution in [0.15, 0.2) is 24.3 Å². The predicted octanol–water partition coefficient (Wildman–Crippen LogP) is 3.10. The fraction of sp³-hybridized carbons (Fsp3) is 0.647. The summed E-state index contributed by atoms with van der Waals surface area (Å²) in [6.07, 6.45) is 3.92. The van der Waals surface area contributed by atoms with E-state index < -0.39 is 5.60 Å². The largest absolute Gasteiger partial charge is 0.388 e. The van der Waals surface area contributed by atoms with Crippen LogP contribution in [-0.4, -0.2) is 30.8 Å². The van der Waals surface area contributed by atoms with Crippen LogP contribution in [0.25, 0.3) is 0 Å². The molecule has 1 aliphatic heterocycles. The number of nitrogens with one attached hydrogen (secondary N) is 1. The molecule has 0 amide bonds. The molecule has 1 aromatic carbocycles. The fourth-order valence-electron chi connectivity index (χ4n) is 3.13. The van der Waals surface area contributed by atoms with Gasteiger partial charge in [0.25, 0.3) is 0 Å². The Hall–Kier alpha value is -1.06. The first-order valence-corrected chi connectivity index (χ1v) is 7.87. The lowest BCUT2D eigenvalue weighted by atomic mass is 9.96. The van der Waals surface area contributed by atoms with Crippen LogP contribution in [-0.2, 0) is 0 Å². The quantitative estimate of drug-likeness (QED) is 0.867. The second-order valence-electron chi connectivity index (χ2n) is 5.90. The van der Waals surface area contributed by atoms with E-state index in [-0.39, 0.29) is 0 Å². The minimum Gasteiger partial charge on any atom is -0.388 e. The number of hydrogen-bond donors (Lipinski definition) is 2. The van der Waals surface area contributed by atoms with Gasteiger partial charge in [0, 0.05) is 24.8 Å². The molecular formula is C17H28N2O. The van der Waals surface area contributed by atoms with Crippen LogP contribution in [0, 0.1) is 0 Å². The number of hydrogen-bond acceptors (Lipinski definition) is 3. The number of anilines is 1. The molecule has 0 saturated carbocycles. The summed E-state index contributed by atoms with van der Waals surface area (Å²) in [4.78, 5) is 2.37. The van der Waals surface area contributed by atoms with Crippen LogP contribution in [0.5, 0.6) is 0 Å². The first-order chi connectivity index (χ1) is 9.63. The Balaban J connectivity index is 2.30. The number of aliphatic hydroxyl groups is 1. The average Bonchev–Trinajstić information content (AvgIpc) is 2.67. The van der Waals surface area contributed by atoms with Crippen LogP contribution in [0.4, 0.5) is 5.69 Å². The fourth-order valence-corrected chi connectivity index (χ4v) is 3.13. The molecule has 1 heterocycles. The van der Waals surface area contributed by atoms with E-state index in [0.29, 0.717) is 6.04 Å². The van der Waals surface area contributed by atoms with E-state index in [0.717, 1.165) is 38.8 Å². The highest BCUT2D eigenvalue weighted by molar-refractivity contribution is 5.56. The van der Waals surface area contributed by atoms with Crippen molar-refractivity contribution in [1.82, 2.24) is 5.32 Å². The number of rotatable bonds is 5. The normalized spacial score (nSPS) is 19.6. The Morgan fingerprint density at radius 3 is 2.65 bits per heavy atom. The summed E-state index contributed by atoms with van der Waals surface area (Å²) in [7, 11) is 2.03. The zero-order valence-corrected chi connectivity index (χ0v) is 13.0. The van der Waals surface area contributed by atoms with Crippen molar-refractivity contribution in [1.29, 1.82) is 0 Å². The van der Waals surface area contributed by atoms with Crippen LogP contribution in [0.2, 0.25) is 0 Å². The second kappa shape index (κ2) is 6.59. The van der Waals surface area contributed by atoms with Crippen LogP contribution < -0.4 is 10.2 Å². The maximum absolute atomic E-state index is 10.7. The summed E-state index contributed by atoms with van der Waals surface area (Å²) < 4.78 is 0. The van der Waals surface area contributed by atoms with Crippen LogP contribution in [0.1, 0.15) is 51.1 Å². The lowest BCUT2D eigenvalue weighted by molar-refractivity contribution is 0.0393. The van der Waals surface area contributed by atoms with Gasteiger partial charge in [-0.1, -0.05) is 32.0 Å². The Bertz CT molecular complexity index is 429. The lowest BCUT2D eigenvalue weighted by Crippen LogP contribution is -2.42. The van der Waals surface area contributed by atoms with E-state index in [1.165, 1.54) is 11.3 Å². The lowest BCUT2D eigenvalue weighted by Gasteiger charge is -2.34. The van der Waals surface area contributed by atoms with Gasteiger partial charge in [0.2, 0.25) is 0 Å². The third kappa shape index (κ3) is 3.15. The molecule has 0 aliphatic carbocycles. The number of para-hydroxylation sites is 1. The highest BCUT2D eigenvalue weighted by Gasteiger charge is 2.29. The molecule has 0 spiro atoms. The molecule has 0 aromatic heterocycles. The van der Waals surface area contributed by atoms with Crippen molar-refractivity contribution in [3.05, 3.63) is 29.8 Å². The molecule has 0 radical (unpaired) electrons. The first-order valence-electron chi connectivity index (χ1n) is 7.87. The second-order valence-corrected chi connectivity index (χ2v) is 5.90. The van der Waals surface area contributed by atoms with Gasteiger partial charge < -0.3 is 15.3 Å². The molecule has 0 saturated heterocycles. The molecule has 3 heteroatoms. The van der Waals surface area contributed by atoms with Crippen molar-refractivity contribution in [3.63, 3.8) is 0 Å². The van der Waals surface area contributed by atoms with E-state index in [9.17, 15) is 5.11 Å². The molecule has 3 nitrogen and oxygen atoms in total. The van der Waals surface area contributed by atoms with Gasteiger partial charge in [-0.15, -0.1) is 0 Å². The van der Waals surface area contributed by atoms with Gasteiger partial charge in [0.05, 0.1) is 5.60 Å². The van der Waals surface area contributed by atoms with Crippen molar-refractivity contribution in [2.24, 2.45) is 0 Å². The summed E-state index contributed by atoms with van der Waals surface area (Å²) >= 11 is 0. The smallest absolute Gasteiger partial charge is 0.0816 e. The predicted molar refractivity (Wildman–Crippen MR) is 85.2 cm³/mol. The summed E-state index contributed by atoms with van der Waals surface area (Å²) in [6.45, 7) is 5.90. The Labute approximate surface area is 123 Å². The molecule has 0 fully saturated rings. The van der Waals surface area contributed by atoms with E-state index in [1.807, 2.05) is 7.05 Å². The Morgan fingerprint density at radius 2 is 2.00 bits per heavy atom. The summed E-state index contributed by atoms with van der Waals surface area (Å²) in [5, 5.41) is 14.1. The Morgan fingerprint density at radius 1 is 1.30 bits per heavy atom. The van der Waals surface area contributed by atoms with Gasteiger partial charge in [-0.3, -0.25) is 0 Å². The van der Waals surface area contributed by atoms with Crippen LogP contribution >= 0.6 is 0 Å². The molecule has 2 rings (SSSR count). The summed E-state index contributed by atoms with van der Waals surface area (Å²) in [6, 6.07) is 9.04. The van der Waals surface area contributed by atoms with Gasteiger partial charge in [-0.2, -0.15) is 0 Å². The number of β-amino-alcohol motifs (C(OH)–C–C–N with tert-alkyl or cyclic N) is 1. The number of nitrogens with zero attached hydrogens (tertiary/aromatic N) is 1. The third-order valence-corrected chi connectivity index (χ3v) is 4.72. The standard InChI is InChI=1S/C17H28N2O/c1-4-17(20,5-2)13-19-12-8-10-15(18-3)14-9-6-7-11-16(14)19/h6-7,9,11,15,18,20H,4-5,8,10,12-13H2,1-3H3. The molecule has 1 aliphatic rings. The molecule has 1 aromatic rings. The summed E-state index contributed by atoms with van der Waals surface area (Å²) in [5.74, 6) is 0. The van der Waals surface area contributed by atoms with E-state index in [2.05, 4.69) is 48.3 Å². The van der Waals surface area contributed by atoms with Gasteiger partial charge >= 0.3 is 0 Å². The van der Waals surface area contributed by atoms with Gasteiger partial charge in [0.1, 0.15) is 0 Å². The topological polar surface area (TPSA) is 35.5 Å². The molecule has 112 valence electrons. The first kappa shape index (κ1) is 15.3. The minimum absolute atomic E-state index is 0.424. The maximum atomic E-state index is 10.7. The Kier molecular flexibility index (Phi) is 5.06. The third-order valence-electron chi connectivity index (χ3n) is 4.72. The van der Waals surface area contributed by atoms with Crippen molar-refractivity contribution < 1.29 is 5.11 Å². The van der Waals surface area contributed by atoms with Crippen molar-refractivity contribution in [3.8, 4) is 0 Å². The molecular weight excluding hydrogens is 248 g/mol. The average molecular weight is 276 g/mol. The molecule has 1 atom stereocenters. The molecule has 20 heavy (non-hydrogen) atoms. The van der Waals surface area contributed by atoms with E-state index >= 15 is 0 Å². The highest BCUT2D eigenvalue weighted by Crippen LogP contribution is 2.34. The summed E-state index contributed by atoms with van der Waals surface area (Å²) in [5.41, 5.74) is 2.07. The van der Waals surface area contributed by atoms with Gasteiger partial charge in [0.15, 0.2) is 0 Å². The molecule has 2 N–H and O–H groups in total. The zero-order chi connectivity index (χ0) is 14.6.